The van der Waals surface area contributed by atoms with Crippen LogP contribution in [0.2, 0.25) is 0 Å². The SMILES string of the molecule is CCC(O)c1ccc2c(c1)Sc1ccccc1O2. The molecule has 0 amide bonds. The summed E-state index contributed by atoms with van der Waals surface area (Å²) in [5.74, 6) is 1.77. The number of rotatable bonds is 2. The van der Waals surface area contributed by atoms with Crippen molar-refractivity contribution < 1.29 is 9.84 Å². The molecule has 2 nitrogen and oxygen atoms in total. The Hall–Kier alpha value is -1.45. The molecule has 1 atom stereocenters. The lowest BCUT2D eigenvalue weighted by molar-refractivity contribution is 0.173. The van der Waals surface area contributed by atoms with Gasteiger partial charge in [0.15, 0.2) is 0 Å². The van der Waals surface area contributed by atoms with Gasteiger partial charge in [0.1, 0.15) is 11.5 Å². The summed E-state index contributed by atoms with van der Waals surface area (Å²) in [6, 6.07) is 13.9. The van der Waals surface area contributed by atoms with Gasteiger partial charge < -0.3 is 9.84 Å². The van der Waals surface area contributed by atoms with Crippen molar-refractivity contribution in [3.63, 3.8) is 0 Å². The molecule has 0 spiro atoms. The molecule has 1 unspecified atom stereocenters. The van der Waals surface area contributed by atoms with Crippen molar-refractivity contribution >= 4 is 11.8 Å². The molecule has 3 rings (SSSR count). The molecule has 18 heavy (non-hydrogen) atoms. The van der Waals surface area contributed by atoms with Gasteiger partial charge in [-0.3, -0.25) is 0 Å². The normalized spacial score (nSPS) is 14.3. The summed E-state index contributed by atoms with van der Waals surface area (Å²) >= 11 is 1.69. The monoisotopic (exact) mass is 258 g/mol. The van der Waals surface area contributed by atoms with E-state index < -0.39 is 6.10 Å². The highest BCUT2D eigenvalue weighted by Gasteiger charge is 2.18. The molecule has 0 aliphatic carbocycles. The number of para-hydroxylation sites is 1. The topological polar surface area (TPSA) is 29.5 Å². The zero-order chi connectivity index (χ0) is 12.5. The van der Waals surface area contributed by atoms with Crippen LogP contribution in [0, 0.1) is 0 Å². The molecule has 1 aliphatic rings. The first-order valence-electron chi connectivity index (χ1n) is 6.04. The minimum absolute atomic E-state index is 0.395. The van der Waals surface area contributed by atoms with Gasteiger partial charge in [-0.2, -0.15) is 0 Å². The van der Waals surface area contributed by atoms with Gasteiger partial charge >= 0.3 is 0 Å². The molecule has 0 bridgehead atoms. The maximum absolute atomic E-state index is 9.88. The molecule has 0 aromatic heterocycles. The van der Waals surface area contributed by atoms with E-state index in [9.17, 15) is 5.11 Å². The molecule has 0 radical (unpaired) electrons. The van der Waals surface area contributed by atoms with Crippen LogP contribution in [0.4, 0.5) is 0 Å². The summed E-state index contributed by atoms with van der Waals surface area (Å²) in [4.78, 5) is 2.19. The second-order valence-electron chi connectivity index (χ2n) is 4.28. The minimum atomic E-state index is -0.395. The quantitative estimate of drug-likeness (QED) is 0.739. The summed E-state index contributed by atoms with van der Waals surface area (Å²) in [5, 5.41) is 9.88. The standard InChI is InChI=1S/C15H14O2S/c1-2-11(16)10-7-8-13-15(9-10)18-14-6-4-3-5-12(14)17-13/h3-9,11,16H,2H2,1H3. The number of ether oxygens (including phenoxy) is 1. The lowest BCUT2D eigenvalue weighted by Gasteiger charge is -2.20. The van der Waals surface area contributed by atoms with Crippen molar-refractivity contribution in [3.05, 3.63) is 48.0 Å². The Morgan fingerprint density at radius 1 is 1.11 bits per heavy atom. The molecule has 92 valence electrons. The number of aliphatic hydroxyl groups is 1. The Morgan fingerprint density at radius 2 is 1.89 bits per heavy atom. The van der Waals surface area contributed by atoms with Crippen LogP contribution in [0.3, 0.4) is 0 Å². The van der Waals surface area contributed by atoms with Crippen LogP contribution in [0.5, 0.6) is 11.5 Å². The van der Waals surface area contributed by atoms with Crippen molar-refractivity contribution in [2.24, 2.45) is 0 Å². The van der Waals surface area contributed by atoms with E-state index in [2.05, 4.69) is 0 Å². The Kier molecular flexibility index (Phi) is 3.02. The second-order valence-corrected chi connectivity index (χ2v) is 5.36. The van der Waals surface area contributed by atoms with Gasteiger partial charge in [-0.15, -0.1) is 0 Å². The highest BCUT2D eigenvalue weighted by molar-refractivity contribution is 7.99. The fraction of sp³-hybridized carbons (Fsp3) is 0.200. The number of benzene rings is 2. The van der Waals surface area contributed by atoms with Crippen molar-refractivity contribution in [3.8, 4) is 11.5 Å². The first kappa shape index (κ1) is 11.6. The fourth-order valence-corrected chi connectivity index (χ4v) is 2.99. The van der Waals surface area contributed by atoms with E-state index in [1.54, 1.807) is 11.8 Å². The van der Waals surface area contributed by atoms with Crippen LogP contribution in [0.25, 0.3) is 0 Å². The molecule has 1 aliphatic heterocycles. The van der Waals surface area contributed by atoms with E-state index in [0.717, 1.165) is 33.3 Å². The lowest BCUT2D eigenvalue weighted by atomic mass is 10.1. The molecular formula is C15H14O2S. The van der Waals surface area contributed by atoms with Gasteiger partial charge in [-0.1, -0.05) is 36.9 Å². The van der Waals surface area contributed by atoms with E-state index in [1.807, 2.05) is 49.4 Å². The summed E-state index contributed by atoms with van der Waals surface area (Å²) in [5.41, 5.74) is 0.951. The van der Waals surface area contributed by atoms with E-state index in [-0.39, 0.29) is 0 Å². The minimum Gasteiger partial charge on any atom is -0.455 e. The smallest absolute Gasteiger partial charge is 0.141 e. The average molecular weight is 258 g/mol. The predicted molar refractivity (Wildman–Crippen MR) is 72.3 cm³/mol. The number of hydrogen-bond acceptors (Lipinski definition) is 3. The fourth-order valence-electron chi connectivity index (χ4n) is 1.99. The molecule has 0 saturated heterocycles. The second kappa shape index (κ2) is 4.67. The van der Waals surface area contributed by atoms with Crippen LogP contribution in [-0.2, 0) is 0 Å². The van der Waals surface area contributed by atoms with Gasteiger partial charge in [-0.05, 0) is 36.2 Å². The molecule has 2 aromatic rings. The van der Waals surface area contributed by atoms with Gasteiger partial charge in [0.05, 0.1) is 15.9 Å². The van der Waals surface area contributed by atoms with Gasteiger partial charge in [0, 0.05) is 0 Å². The third kappa shape index (κ3) is 2.00. The number of aliphatic hydroxyl groups excluding tert-OH is 1. The largest absolute Gasteiger partial charge is 0.455 e. The summed E-state index contributed by atoms with van der Waals surface area (Å²) in [6.45, 7) is 1.98. The Bertz CT molecular complexity index is 580. The first-order chi connectivity index (χ1) is 8.78. The molecule has 3 heteroatoms. The zero-order valence-corrected chi connectivity index (χ0v) is 10.9. The maximum Gasteiger partial charge on any atom is 0.141 e. The molecule has 0 fully saturated rings. The van der Waals surface area contributed by atoms with Crippen LogP contribution < -0.4 is 4.74 Å². The Morgan fingerprint density at radius 3 is 2.72 bits per heavy atom. The predicted octanol–water partition coefficient (Wildman–Crippen LogP) is 4.39. The zero-order valence-electron chi connectivity index (χ0n) is 10.1. The average Bonchev–Trinajstić information content (AvgIpc) is 2.43. The van der Waals surface area contributed by atoms with E-state index in [1.165, 1.54) is 0 Å². The van der Waals surface area contributed by atoms with Crippen molar-refractivity contribution in [2.45, 2.75) is 29.2 Å². The molecule has 0 saturated carbocycles. The van der Waals surface area contributed by atoms with Gasteiger partial charge in [0.2, 0.25) is 0 Å². The van der Waals surface area contributed by atoms with Crippen molar-refractivity contribution in [2.75, 3.05) is 0 Å². The molecule has 1 N–H and O–H groups in total. The third-order valence-corrected chi connectivity index (χ3v) is 4.12. The van der Waals surface area contributed by atoms with Crippen molar-refractivity contribution in [1.82, 2.24) is 0 Å². The number of hydrogen-bond donors (Lipinski definition) is 1. The van der Waals surface area contributed by atoms with Gasteiger partial charge in [0.25, 0.3) is 0 Å². The highest BCUT2D eigenvalue weighted by atomic mass is 32.2. The molecular weight excluding hydrogens is 244 g/mol. The van der Waals surface area contributed by atoms with Gasteiger partial charge in [-0.25, -0.2) is 0 Å². The highest BCUT2D eigenvalue weighted by Crippen LogP contribution is 2.47. The molecule has 2 aromatic carbocycles. The molecule has 1 heterocycles. The third-order valence-electron chi connectivity index (χ3n) is 3.03. The summed E-state index contributed by atoms with van der Waals surface area (Å²) in [7, 11) is 0. The van der Waals surface area contributed by atoms with E-state index in [4.69, 9.17) is 4.74 Å². The van der Waals surface area contributed by atoms with Crippen LogP contribution in [-0.4, -0.2) is 5.11 Å². The maximum atomic E-state index is 9.88. The summed E-state index contributed by atoms with van der Waals surface area (Å²) < 4.78 is 5.84. The van der Waals surface area contributed by atoms with E-state index in [0.29, 0.717) is 0 Å². The van der Waals surface area contributed by atoms with Crippen LogP contribution >= 0.6 is 11.8 Å². The lowest BCUT2D eigenvalue weighted by Crippen LogP contribution is -1.99. The van der Waals surface area contributed by atoms with Crippen LogP contribution in [0.15, 0.2) is 52.3 Å². The summed E-state index contributed by atoms with van der Waals surface area (Å²) in [6.07, 6.45) is 0.328. The van der Waals surface area contributed by atoms with E-state index >= 15 is 0 Å². The number of fused-ring (bicyclic) bond motifs is 2. The first-order valence-corrected chi connectivity index (χ1v) is 6.86. The Balaban J connectivity index is 1.98. The Labute approximate surface area is 111 Å². The van der Waals surface area contributed by atoms with Crippen molar-refractivity contribution in [1.29, 1.82) is 0 Å². The van der Waals surface area contributed by atoms with Crippen LogP contribution in [0.1, 0.15) is 25.0 Å².